The molecular weight excluding hydrogens is 194 g/mol. The van der Waals surface area contributed by atoms with Gasteiger partial charge in [-0.3, -0.25) is 0 Å². The maximum absolute atomic E-state index is 6.01. The molecule has 86 valence electrons. The summed E-state index contributed by atoms with van der Waals surface area (Å²) in [5.41, 5.74) is 9.69. The number of fused-ring (bicyclic) bond motifs is 2. The van der Waals surface area contributed by atoms with Crippen LogP contribution in [0.5, 0.6) is 0 Å². The van der Waals surface area contributed by atoms with Crippen LogP contribution in [0, 0.1) is 5.92 Å². The molecule has 1 saturated carbocycles. The predicted octanol–water partition coefficient (Wildman–Crippen LogP) is 3.02. The number of nitrogens with two attached hydrogens (primary N) is 1. The Bertz CT molecular complexity index is 377. The lowest BCUT2D eigenvalue weighted by Gasteiger charge is -2.43. The first kappa shape index (κ1) is 10.3. The molecule has 1 heteroatoms. The average molecular weight is 215 g/mol. The molecule has 16 heavy (non-hydrogen) atoms. The first-order valence-electron chi connectivity index (χ1n) is 6.65. The third kappa shape index (κ3) is 1.34. The van der Waals surface area contributed by atoms with Gasteiger partial charge in [0.05, 0.1) is 0 Å². The van der Waals surface area contributed by atoms with E-state index in [1.807, 2.05) is 0 Å². The maximum atomic E-state index is 6.01. The summed E-state index contributed by atoms with van der Waals surface area (Å²) >= 11 is 0. The standard InChI is InChI=1S/C15H21N/c16-11-13-8-7-12-5-1-2-6-14(12)15(13)9-3-4-10-15/h1-2,5-6,13H,3-4,7-11,16H2. The normalized spacial score (nSPS) is 26.9. The zero-order valence-electron chi connectivity index (χ0n) is 9.91. The Morgan fingerprint density at radius 2 is 1.94 bits per heavy atom. The van der Waals surface area contributed by atoms with Gasteiger partial charge in [-0.15, -0.1) is 0 Å². The van der Waals surface area contributed by atoms with Gasteiger partial charge in [-0.05, 0) is 54.7 Å². The number of benzene rings is 1. The molecule has 2 aliphatic rings. The van der Waals surface area contributed by atoms with Crippen LogP contribution in [0.25, 0.3) is 0 Å². The highest BCUT2D eigenvalue weighted by Gasteiger charge is 2.44. The Kier molecular flexibility index (Phi) is 2.51. The third-order valence-electron chi connectivity index (χ3n) is 4.88. The Labute approximate surface area is 98.0 Å². The molecule has 3 rings (SSSR count). The van der Waals surface area contributed by atoms with Crippen molar-refractivity contribution in [1.29, 1.82) is 0 Å². The lowest BCUT2D eigenvalue weighted by atomic mass is 9.62. The van der Waals surface area contributed by atoms with Crippen molar-refractivity contribution in [3.63, 3.8) is 0 Å². The zero-order valence-corrected chi connectivity index (χ0v) is 9.91. The van der Waals surface area contributed by atoms with Gasteiger partial charge in [-0.2, -0.15) is 0 Å². The minimum absolute atomic E-state index is 0.448. The van der Waals surface area contributed by atoms with E-state index in [1.54, 1.807) is 11.1 Å². The number of aryl methyl sites for hydroxylation is 1. The van der Waals surface area contributed by atoms with Crippen LogP contribution >= 0.6 is 0 Å². The fraction of sp³-hybridized carbons (Fsp3) is 0.600. The molecule has 1 aromatic rings. The zero-order chi connectivity index (χ0) is 11.0. The Hall–Kier alpha value is -0.820. The van der Waals surface area contributed by atoms with E-state index in [9.17, 15) is 0 Å². The minimum atomic E-state index is 0.448. The van der Waals surface area contributed by atoms with Crippen LogP contribution in [0.2, 0.25) is 0 Å². The van der Waals surface area contributed by atoms with Crippen molar-refractivity contribution >= 4 is 0 Å². The third-order valence-corrected chi connectivity index (χ3v) is 4.88. The Morgan fingerprint density at radius 3 is 2.69 bits per heavy atom. The van der Waals surface area contributed by atoms with E-state index < -0.39 is 0 Å². The SMILES string of the molecule is NCC1CCc2ccccc2C12CCCC2. The summed E-state index contributed by atoms with van der Waals surface area (Å²) in [4.78, 5) is 0. The molecule has 1 atom stereocenters. The topological polar surface area (TPSA) is 26.0 Å². The predicted molar refractivity (Wildman–Crippen MR) is 67.5 cm³/mol. The van der Waals surface area contributed by atoms with Crippen LogP contribution in [0.15, 0.2) is 24.3 Å². The van der Waals surface area contributed by atoms with Gasteiger partial charge < -0.3 is 5.73 Å². The Balaban J connectivity index is 2.10. The molecule has 0 aliphatic heterocycles. The van der Waals surface area contributed by atoms with Crippen molar-refractivity contribution in [2.75, 3.05) is 6.54 Å². The number of hydrogen-bond donors (Lipinski definition) is 1. The highest BCUT2D eigenvalue weighted by Crippen LogP contribution is 2.51. The van der Waals surface area contributed by atoms with E-state index in [1.165, 1.54) is 38.5 Å². The van der Waals surface area contributed by atoms with Gasteiger partial charge in [0.2, 0.25) is 0 Å². The summed E-state index contributed by atoms with van der Waals surface area (Å²) in [6.45, 7) is 0.869. The van der Waals surface area contributed by atoms with Gasteiger partial charge in [0.15, 0.2) is 0 Å². The van der Waals surface area contributed by atoms with Crippen LogP contribution in [-0.4, -0.2) is 6.54 Å². The van der Waals surface area contributed by atoms with E-state index in [2.05, 4.69) is 24.3 Å². The molecular formula is C15H21N. The van der Waals surface area contributed by atoms with Gasteiger partial charge in [0, 0.05) is 0 Å². The van der Waals surface area contributed by atoms with E-state index in [-0.39, 0.29) is 0 Å². The van der Waals surface area contributed by atoms with Crippen LogP contribution < -0.4 is 5.73 Å². The molecule has 0 saturated heterocycles. The van der Waals surface area contributed by atoms with E-state index in [4.69, 9.17) is 5.73 Å². The van der Waals surface area contributed by atoms with Crippen molar-refractivity contribution in [1.82, 2.24) is 0 Å². The minimum Gasteiger partial charge on any atom is -0.330 e. The monoisotopic (exact) mass is 215 g/mol. The largest absolute Gasteiger partial charge is 0.330 e. The maximum Gasteiger partial charge on any atom is -0.000391 e. The summed E-state index contributed by atoms with van der Waals surface area (Å²) in [6, 6.07) is 9.08. The average Bonchev–Trinajstić information content (AvgIpc) is 2.80. The van der Waals surface area contributed by atoms with E-state index in [0.717, 1.165) is 12.5 Å². The molecule has 0 amide bonds. The van der Waals surface area contributed by atoms with Crippen LogP contribution in [0.3, 0.4) is 0 Å². The molecule has 0 aromatic heterocycles. The number of rotatable bonds is 1. The highest BCUT2D eigenvalue weighted by molar-refractivity contribution is 5.38. The summed E-state index contributed by atoms with van der Waals surface area (Å²) < 4.78 is 0. The molecule has 1 aromatic carbocycles. The van der Waals surface area contributed by atoms with Gasteiger partial charge in [0.25, 0.3) is 0 Å². The molecule has 1 unspecified atom stereocenters. The van der Waals surface area contributed by atoms with Crippen LogP contribution in [0.4, 0.5) is 0 Å². The van der Waals surface area contributed by atoms with Crippen LogP contribution in [-0.2, 0) is 11.8 Å². The molecule has 0 radical (unpaired) electrons. The van der Waals surface area contributed by atoms with Gasteiger partial charge in [-0.25, -0.2) is 0 Å². The summed E-state index contributed by atoms with van der Waals surface area (Å²) in [7, 11) is 0. The quantitative estimate of drug-likeness (QED) is 0.765. The Morgan fingerprint density at radius 1 is 1.19 bits per heavy atom. The van der Waals surface area contributed by atoms with E-state index >= 15 is 0 Å². The summed E-state index contributed by atoms with van der Waals surface area (Å²) in [6.07, 6.45) is 8.06. The van der Waals surface area contributed by atoms with Crippen LogP contribution in [0.1, 0.15) is 43.2 Å². The number of hydrogen-bond acceptors (Lipinski definition) is 1. The first-order valence-corrected chi connectivity index (χ1v) is 6.65. The molecule has 0 heterocycles. The summed E-state index contributed by atoms with van der Waals surface area (Å²) in [5, 5.41) is 0. The molecule has 0 bridgehead atoms. The second kappa shape index (κ2) is 3.89. The molecule has 1 fully saturated rings. The first-order chi connectivity index (χ1) is 7.87. The lowest BCUT2D eigenvalue weighted by Crippen LogP contribution is -2.41. The lowest BCUT2D eigenvalue weighted by molar-refractivity contribution is 0.244. The molecule has 1 spiro atoms. The van der Waals surface area contributed by atoms with Gasteiger partial charge in [-0.1, -0.05) is 37.1 Å². The molecule has 2 N–H and O–H groups in total. The highest BCUT2D eigenvalue weighted by atomic mass is 14.6. The van der Waals surface area contributed by atoms with E-state index in [0.29, 0.717) is 5.41 Å². The molecule has 2 aliphatic carbocycles. The fourth-order valence-electron chi connectivity index (χ4n) is 4.08. The summed E-state index contributed by atoms with van der Waals surface area (Å²) in [5.74, 6) is 0.727. The second-order valence-electron chi connectivity index (χ2n) is 5.49. The van der Waals surface area contributed by atoms with Gasteiger partial charge in [0.1, 0.15) is 0 Å². The van der Waals surface area contributed by atoms with Crippen molar-refractivity contribution in [3.8, 4) is 0 Å². The van der Waals surface area contributed by atoms with Crippen molar-refractivity contribution in [2.24, 2.45) is 11.7 Å². The van der Waals surface area contributed by atoms with Crippen molar-refractivity contribution in [2.45, 2.75) is 43.9 Å². The molecule has 1 nitrogen and oxygen atoms in total. The fourth-order valence-corrected chi connectivity index (χ4v) is 4.08. The van der Waals surface area contributed by atoms with Crippen molar-refractivity contribution < 1.29 is 0 Å². The smallest absolute Gasteiger partial charge is 0.000391 e. The van der Waals surface area contributed by atoms with Gasteiger partial charge >= 0.3 is 0 Å². The second-order valence-corrected chi connectivity index (χ2v) is 5.49. The van der Waals surface area contributed by atoms with Crippen molar-refractivity contribution in [3.05, 3.63) is 35.4 Å².